The van der Waals surface area contributed by atoms with Gasteiger partial charge < -0.3 is 23.5 Å². The molecule has 3 rings (SSSR count). The fourth-order valence-corrected chi connectivity index (χ4v) is 2.74. The van der Waals surface area contributed by atoms with E-state index >= 15 is 0 Å². The lowest BCUT2D eigenvalue weighted by Gasteiger charge is -2.13. The average molecular weight is 383 g/mol. The monoisotopic (exact) mass is 383 g/mol. The fraction of sp³-hybridized carbons (Fsp3) is 0.250. The molecule has 2 aromatic carbocycles. The second kappa shape index (κ2) is 8.43. The quantitative estimate of drug-likeness (QED) is 0.580. The molecular weight excluding hydrogens is 362 g/mol. The van der Waals surface area contributed by atoms with E-state index in [1.165, 1.54) is 33.5 Å². The van der Waals surface area contributed by atoms with Crippen LogP contribution in [0.4, 0.5) is 0 Å². The van der Waals surface area contributed by atoms with Crippen molar-refractivity contribution in [3.63, 3.8) is 0 Å². The lowest BCUT2D eigenvalue weighted by atomic mass is 10.2. The van der Waals surface area contributed by atoms with Crippen LogP contribution in [0.1, 0.15) is 16.2 Å². The van der Waals surface area contributed by atoms with E-state index in [1.807, 2.05) is 37.4 Å². The van der Waals surface area contributed by atoms with Crippen molar-refractivity contribution in [3.05, 3.63) is 53.9 Å². The normalized spacial score (nSPS) is 10.4. The smallest absolute Gasteiger partial charge is 0.338 e. The summed E-state index contributed by atoms with van der Waals surface area (Å²) in [7, 11) is 6.29. The van der Waals surface area contributed by atoms with E-state index in [0.29, 0.717) is 28.9 Å². The van der Waals surface area contributed by atoms with Gasteiger partial charge in [-0.1, -0.05) is 30.3 Å². The third-order valence-electron chi connectivity index (χ3n) is 4.23. The minimum Gasteiger partial charge on any atom is -0.493 e. The van der Waals surface area contributed by atoms with Crippen molar-refractivity contribution in [2.24, 2.45) is 7.05 Å². The maximum absolute atomic E-state index is 12.5. The van der Waals surface area contributed by atoms with Crippen molar-refractivity contribution >= 4 is 5.97 Å². The molecule has 0 radical (unpaired) electrons. The summed E-state index contributed by atoms with van der Waals surface area (Å²) in [5.74, 6) is 1.84. The van der Waals surface area contributed by atoms with Gasteiger partial charge in [0.05, 0.1) is 26.9 Å². The van der Waals surface area contributed by atoms with E-state index in [4.69, 9.17) is 18.9 Å². The van der Waals surface area contributed by atoms with Crippen molar-refractivity contribution in [3.8, 4) is 28.6 Å². The molecular formula is C20H21N3O5. The van der Waals surface area contributed by atoms with Crippen LogP contribution in [0.2, 0.25) is 0 Å². The van der Waals surface area contributed by atoms with Crippen LogP contribution in [-0.4, -0.2) is 42.1 Å². The van der Waals surface area contributed by atoms with Crippen LogP contribution in [0, 0.1) is 0 Å². The van der Waals surface area contributed by atoms with E-state index in [-0.39, 0.29) is 12.2 Å². The molecule has 3 aromatic rings. The Labute approximate surface area is 162 Å². The largest absolute Gasteiger partial charge is 0.493 e. The Morgan fingerprint density at radius 1 is 0.964 bits per heavy atom. The Morgan fingerprint density at radius 2 is 1.61 bits per heavy atom. The molecule has 0 N–H and O–H groups in total. The number of carbonyl (C=O) groups is 1. The number of hydrogen-bond acceptors (Lipinski definition) is 7. The molecule has 0 spiro atoms. The summed E-state index contributed by atoms with van der Waals surface area (Å²) < 4.78 is 23.0. The minimum atomic E-state index is -0.538. The highest BCUT2D eigenvalue weighted by Gasteiger charge is 2.19. The van der Waals surface area contributed by atoms with Crippen molar-refractivity contribution in [2.45, 2.75) is 6.61 Å². The van der Waals surface area contributed by atoms with Crippen LogP contribution in [0.15, 0.2) is 42.5 Å². The first-order valence-corrected chi connectivity index (χ1v) is 8.49. The van der Waals surface area contributed by atoms with Crippen LogP contribution in [0.3, 0.4) is 0 Å². The molecule has 1 heterocycles. The highest BCUT2D eigenvalue weighted by molar-refractivity contribution is 5.91. The molecule has 0 aliphatic carbocycles. The first-order chi connectivity index (χ1) is 13.6. The van der Waals surface area contributed by atoms with Gasteiger partial charge >= 0.3 is 5.97 Å². The molecule has 0 bridgehead atoms. The van der Waals surface area contributed by atoms with Crippen LogP contribution < -0.4 is 14.2 Å². The topological polar surface area (TPSA) is 84.7 Å². The van der Waals surface area contributed by atoms with Gasteiger partial charge in [0.15, 0.2) is 29.8 Å². The van der Waals surface area contributed by atoms with Crippen LogP contribution in [0.25, 0.3) is 11.4 Å². The highest BCUT2D eigenvalue weighted by atomic mass is 16.5. The van der Waals surface area contributed by atoms with Gasteiger partial charge in [-0.3, -0.25) is 0 Å². The van der Waals surface area contributed by atoms with Crippen molar-refractivity contribution < 1.29 is 23.7 Å². The van der Waals surface area contributed by atoms with Gasteiger partial charge in [0, 0.05) is 12.6 Å². The first-order valence-electron chi connectivity index (χ1n) is 8.49. The van der Waals surface area contributed by atoms with Gasteiger partial charge in [-0.15, -0.1) is 10.2 Å². The second-order valence-electron chi connectivity index (χ2n) is 5.86. The molecule has 28 heavy (non-hydrogen) atoms. The number of hydrogen-bond donors (Lipinski definition) is 0. The summed E-state index contributed by atoms with van der Waals surface area (Å²) >= 11 is 0. The molecule has 1 aromatic heterocycles. The second-order valence-corrected chi connectivity index (χ2v) is 5.86. The minimum absolute atomic E-state index is 0.0220. The predicted octanol–water partition coefficient (Wildman–Crippen LogP) is 2.86. The predicted molar refractivity (Wildman–Crippen MR) is 102 cm³/mol. The van der Waals surface area contributed by atoms with Crippen molar-refractivity contribution in [1.82, 2.24) is 14.8 Å². The molecule has 0 saturated heterocycles. The molecule has 146 valence electrons. The number of carbonyl (C=O) groups excluding carboxylic acids is 1. The van der Waals surface area contributed by atoms with Crippen molar-refractivity contribution in [2.75, 3.05) is 21.3 Å². The molecule has 8 nitrogen and oxygen atoms in total. The van der Waals surface area contributed by atoms with Crippen LogP contribution >= 0.6 is 0 Å². The molecule has 0 unspecified atom stereocenters. The number of methoxy groups -OCH3 is 3. The summed E-state index contributed by atoms with van der Waals surface area (Å²) in [5, 5.41) is 8.30. The summed E-state index contributed by atoms with van der Waals surface area (Å²) in [6.45, 7) is -0.0220. The fourth-order valence-electron chi connectivity index (χ4n) is 2.74. The zero-order valence-corrected chi connectivity index (χ0v) is 16.1. The molecule has 0 atom stereocenters. The maximum Gasteiger partial charge on any atom is 0.338 e. The van der Waals surface area contributed by atoms with Gasteiger partial charge in [-0.2, -0.15) is 0 Å². The zero-order valence-electron chi connectivity index (χ0n) is 16.1. The lowest BCUT2D eigenvalue weighted by Crippen LogP contribution is -2.09. The van der Waals surface area contributed by atoms with E-state index < -0.39 is 5.97 Å². The van der Waals surface area contributed by atoms with E-state index in [0.717, 1.165) is 5.56 Å². The van der Waals surface area contributed by atoms with Crippen molar-refractivity contribution in [1.29, 1.82) is 0 Å². The van der Waals surface area contributed by atoms with E-state index in [2.05, 4.69) is 10.2 Å². The summed E-state index contributed by atoms with van der Waals surface area (Å²) in [6, 6.07) is 12.7. The Kier molecular flexibility index (Phi) is 5.78. The SMILES string of the molecule is COc1cc(C(=O)OCc2nnc(-c3ccccc3)n2C)cc(OC)c1OC. The molecule has 0 saturated carbocycles. The van der Waals surface area contributed by atoms with Gasteiger partial charge in [-0.05, 0) is 12.1 Å². The highest BCUT2D eigenvalue weighted by Crippen LogP contribution is 2.38. The molecule has 0 aliphatic rings. The van der Waals surface area contributed by atoms with Crippen LogP contribution in [-0.2, 0) is 18.4 Å². The first kappa shape index (κ1) is 19.2. The van der Waals surface area contributed by atoms with E-state index in [1.54, 1.807) is 4.57 Å². The maximum atomic E-state index is 12.5. The Hall–Kier alpha value is -3.55. The number of nitrogens with zero attached hydrogens (tertiary/aromatic N) is 3. The molecule has 8 heteroatoms. The Balaban J connectivity index is 1.77. The van der Waals surface area contributed by atoms with Gasteiger partial charge in [0.2, 0.25) is 5.75 Å². The third kappa shape index (κ3) is 3.75. The Morgan fingerprint density at radius 3 is 2.18 bits per heavy atom. The summed E-state index contributed by atoms with van der Waals surface area (Å²) in [4.78, 5) is 12.5. The number of ether oxygens (including phenoxy) is 4. The number of benzene rings is 2. The van der Waals surface area contributed by atoms with Gasteiger partial charge in [-0.25, -0.2) is 4.79 Å². The molecule has 0 aliphatic heterocycles. The van der Waals surface area contributed by atoms with Crippen LogP contribution in [0.5, 0.6) is 17.2 Å². The Bertz CT molecular complexity index is 944. The summed E-state index contributed by atoms with van der Waals surface area (Å²) in [6.07, 6.45) is 0. The van der Waals surface area contributed by atoms with Gasteiger partial charge in [0.25, 0.3) is 0 Å². The standard InChI is InChI=1S/C20H21N3O5/c1-23-17(21-22-19(23)13-8-6-5-7-9-13)12-28-20(24)14-10-15(25-2)18(27-4)16(11-14)26-3/h5-11H,12H2,1-4H3. The van der Waals surface area contributed by atoms with Gasteiger partial charge in [0.1, 0.15) is 0 Å². The number of esters is 1. The number of rotatable bonds is 7. The lowest BCUT2D eigenvalue weighted by molar-refractivity contribution is 0.0458. The van der Waals surface area contributed by atoms with E-state index in [9.17, 15) is 4.79 Å². The molecule has 0 fully saturated rings. The number of aromatic nitrogens is 3. The zero-order chi connectivity index (χ0) is 20.1. The third-order valence-corrected chi connectivity index (χ3v) is 4.23. The average Bonchev–Trinajstić information content (AvgIpc) is 3.11. The molecule has 0 amide bonds. The summed E-state index contributed by atoms with van der Waals surface area (Å²) in [5.41, 5.74) is 1.21.